The Morgan fingerprint density at radius 2 is 0.935 bits per heavy atom. The molecule has 0 N–H and O–H groups in total. The van der Waals surface area contributed by atoms with E-state index >= 15 is 0 Å². The number of rotatable bonds is 2. The van der Waals surface area contributed by atoms with Crippen molar-refractivity contribution in [3.8, 4) is 22.3 Å². The third-order valence-corrected chi connectivity index (χ3v) is 10.8. The van der Waals surface area contributed by atoms with Gasteiger partial charge in [0.05, 0.1) is 0 Å². The fourth-order valence-corrected chi connectivity index (χ4v) is 8.34. The molecule has 0 saturated carbocycles. The molecule has 0 heterocycles. The second-order valence-electron chi connectivity index (χ2n) is 8.32. The van der Waals surface area contributed by atoms with Gasteiger partial charge in [0.25, 0.3) is 0 Å². The van der Waals surface area contributed by atoms with Crippen LogP contribution in [-0.2, 0) is 36.1 Å². The summed E-state index contributed by atoms with van der Waals surface area (Å²) in [6.45, 7) is 4.72. The predicted molar refractivity (Wildman–Crippen MR) is 118 cm³/mol. The van der Waals surface area contributed by atoms with Crippen molar-refractivity contribution >= 4 is 6.54 Å². The Kier molecular flexibility index (Phi) is 6.33. The summed E-state index contributed by atoms with van der Waals surface area (Å²) in [6.07, 6.45) is 2.20. The van der Waals surface area contributed by atoms with Crippen LogP contribution < -0.4 is 31.4 Å². The molecule has 0 fully saturated rings. The van der Waals surface area contributed by atoms with Gasteiger partial charge in [-0.3, -0.25) is 0 Å². The third kappa shape index (κ3) is 3.56. The molecular formula is C28H22Cl2Zr. The average Bonchev–Trinajstić information content (AvgIpc) is 3.31. The van der Waals surface area contributed by atoms with Crippen molar-refractivity contribution in [3.05, 3.63) is 106 Å². The van der Waals surface area contributed by atoms with Gasteiger partial charge in [0.1, 0.15) is 0 Å². The van der Waals surface area contributed by atoms with Crippen LogP contribution in [0, 0.1) is 13.8 Å². The molecule has 0 aliphatic heterocycles. The zero-order chi connectivity index (χ0) is 19.5. The van der Waals surface area contributed by atoms with E-state index in [1.165, 1.54) is 33.4 Å². The largest absolute Gasteiger partial charge is 1.00 e. The van der Waals surface area contributed by atoms with Crippen molar-refractivity contribution in [1.82, 2.24) is 0 Å². The van der Waals surface area contributed by atoms with Gasteiger partial charge in [-0.05, 0) is 0 Å². The van der Waals surface area contributed by atoms with Crippen molar-refractivity contribution in [2.45, 2.75) is 26.7 Å². The molecule has 6 rings (SSSR count). The average molecular weight is 521 g/mol. The van der Waals surface area contributed by atoms with Gasteiger partial charge in [-0.25, -0.2) is 0 Å². The molecule has 4 aromatic rings. The summed E-state index contributed by atoms with van der Waals surface area (Å²) in [5.74, 6) is 0. The van der Waals surface area contributed by atoms with E-state index in [0.717, 1.165) is 12.8 Å². The van der Waals surface area contributed by atoms with Crippen LogP contribution in [0.1, 0.15) is 33.4 Å². The van der Waals surface area contributed by atoms with Gasteiger partial charge in [-0.1, -0.05) is 0 Å². The molecule has 152 valence electrons. The zero-order valence-electron chi connectivity index (χ0n) is 17.6. The monoisotopic (exact) mass is 518 g/mol. The topological polar surface area (TPSA) is 0 Å². The van der Waals surface area contributed by atoms with Crippen LogP contribution in [0.5, 0.6) is 0 Å². The second kappa shape index (κ2) is 8.70. The van der Waals surface area contributed by atoms with Gasteiger partial charge in [-0.15, -0.1) is 0 Å². The van der Waals surface area contributed by atoms with Crippen LogP contribution in [0.2, 0.25) is 0 Å². The number of hydrogen-bond acceptors (Lipinski definition) is 0. The van der Waals surface area contributed by atoms with Crippen LogP contribution in [-0.4, -0.2) is 0 Å². The van der Waals surface area contributed by atoms with Gasteiger partial charge in [0.15, 0.2) is 0 Å². The number of benzene rings is 4. The molecule has 0 spiro atoms. The molecule has 0 nitrogen and oxygen atoms in total. The SMILES string of the molecule is Cc1[c]([Zr+2][c]2ccc3c(c2C)Cc2ccccc2-3)ccc2c1Cc1ccccc1-2.[Cl-].[Cl-]. The minimum atomic E-state index is -0.841. The Labute approximate surface area is 208 Å². The molecular weight excluding hydrogens is 498 g/mol. The van der Waals surface area contributed by atoms with Crippen molar-refractivity contribution in [2.24, 2.45) is 0 Å². The van der Waals surface area contributed by atoms with E-state index in [4.69, 9.17) is 0 Å². The smallest absolute Gasteiger partial charge is 1.00 e. The van der Waals surface area contributed by atoms with Crippen molar-refractivity contribution < 1.29 is 48.0 Å². The van der Waals surface area contributed by atoms with Crippen LogP contribution in [0.15, 0.2) is 72.8 Å². The van der Waals surface area contributed by atoms with Gasteiger partial charge in [-0.2, -0.15) is 0 Å². The summed E-state index contributed by atoms with van der Waals surface area (Å²) < 4.78 is 3.28. The van der Waals surface area contributed by atoms with E-state index in [1.807, 2.05) is 0 Å². The Morgan fingerprint density at radius 3 is 1.39 bits per heavy atom. The molecule has 2 aliphatic carbocycles. The molecule has 0 amide bonds. The van der Waals surface area contributed by atoms with Gasteiger partial charge < -0.3 is 24.8 Å². The van der Waals surface area contributed by atoms with E-state index in [0.29, 0.717) is 0 Å². The minimum absolute atomic E-state index is 0. The summed E-state index contributed by atoms with van der Waals surface area (Å²) in [7, 11) is 0. The first kappa shape index (κ1) is 22.5. The molecule has 0 atom stereocenters. The maximum Gasteiger partial charge on any atom is -1.00 e. The van der Waals surface area contributed by atoms with Crippen LogP contribution in [0.4, 0.5) is 0 Å². The van der Waals surface area contributed by atoms with Crippen LogP contribution >= 0.6 is 0 Å². The van der Waals surface area contributed by atoms with Gasteiger partial charge in [0.2, 0.25) is 0 Å². The summed E-state index contributed by atoms with van der Waals surface area (Å²) in [5.41, 5.74) is 15.0. The van der Waals surface area contributed by atoms with E-state index in [2.05, 4.69) is 86.6 Å². The molecule has 0 saturated heterocycles. The quantitative estimate of drug-likeness (QED) is 0.289. The molecule has 31 heavy (non-hydrogen) atoms. The molecule has 4 aromatic carbocycles. The summed E-state index contributed by atoms with van der Waals surface area (Å²) >= 11 is -0.841. The zero-order valence-corrected chi connectivity index (χ0v) is 21.6. The van der Waals surface area contributed by atoms with Gasteiger partial charge in [0, 0.05) is 0 Å². The first-order valence-corrected chi connectivity index (χ1v) is 12.8. The second-order valence-corrected chi connectivity index (χ2v) is 11.6. The fourth-order valence-electron chi connectivity index (χ4n) is 5.15. The van der Waals surface area contributed by atoms with E-state index in [-0.39, 0.29) is 24.8 Å². The van der Waals surface area contributed by atoms with Crippen molar-refractivity contribution in [2.75, 3.05) is 0 Å². The number of fused-ring (bicyclic) bond motifs is 6. The normalized spacial score (nSPS) is 11.9. The summed E-state index contributed by atoms with van der Waals surface area (Å²) in [5, 5.41) is 0. The van der Waals surface area contributed by atoms with E-state index < -0.39 is 23.2 Å². The maximum absolute atomic E-state index is 2.43. The first-order chi connectivity index (χ1) is 14.2. The van der Waals surface area contributed by atoms with Crippen LogP contribution in [0.25, 0.3) is 22.3 Å². The van der Waals surface area contributed by atoms with Crippen LogP contribution in [0.3, 0.4) is 0 Å². The Bertz CT molecular complexity index is 1210. The maximum atomic E-state index is 2.43. The minimum Gasteiger partial charge on any atom is -1.00 e. The molecule has 0 aromatic heterocycles. The van der Waals surface area contributed by atoms with E-state index in [1.54, 1.807) is 28.8 Å². The predicted octanol–water partition coefficient (Wildman–Crippen LogP) is -0.513. The fraction of sp³-hybridized carbons (Fsp3) is 0.143. The van der Waals surface area contributed by atoms with Gasteiger partial charge >= 0.3 is 185 Å². The molecule has 3 heteroatoms. The number of halogens is 2. The Hall–Kier alpha value is -1.66. The van der Waals surface area contributed by atoms with Crippen molar-refractivity contribution in [3.63, 3.8) is 0 Å². The third-order valence-electron chi connectivity index (χ3n) is 6.82. The summed E-state index contributed by atoms with van der Waals surface area (Å²) in [4.78, 5) is 0. The van der Waals surface area contributed by atoms with E-state index in [9.17, 15) is 0 Å². The number of hydrogen-bond donors (Lipinski definition) is 0. The molecule has 2 aliphatic rings. The Morgan fingerprint density at radius 1 is 0.516 bits per heavy atom. The molecule has 0 radical (unpaired) electrons. The first-order valence-electron chi connectivity index (χ1n) is 10.4. The molecule has 0 unspecified atom stereocenters. The summed E-state index contributed by atoms with van der Waals surface area (Å²) in [6, 6.07) is 27.5. The Balaban J connectivity index is 0.00000116. The van der Waals surface area contributed by atoms with Crippen molar-refractivity contribution in [1.29, 1.82) is 0 Å². The standard InChI is InChI=1S/2C14H11.2ClH.Zr/c2*1-10-5-4-8-13-12-7-3-2-6-11(12)9-14(10)13;;;/h2*2-4,6-8H,9H2,1H3;2*1H;/q;;;;+2/p-2. The molecule has 0 bridgehead atoms.